The highest BCUT2D eigenvalue weighted by Crippen LogP contribution is 2.51. The first-order valence-electron chi connectivity index (χ1n) is 9.32. The molecule has 4 atom stereocenters. The first-order valence-corrected chi connectivity index (χ1v) is 9.32. The summed E-state index contributed by atoms with van der Waals surface area (Å²) in [4.78, 5) is 2.70. The molecule has 0 spiro atoms. The van der Waals surface area contributed by atoms with Crippen LogP contribution in [0.4, 0.5) is 0 Å². The molecule has 1 aromatic rings. The Morgan fingerprint density at radius 2 is 2.26 bits per heavy atom. The number of aromatic hydroxyl groups is 1. The molecular formula is C20H29NO2. The smallest absolute Gasteiger partial charge is 0.115 e. The van der Waals surface area contributed by atoms with Gasteiger partial charge in [0.1, 0.15) is 5.75 Å². The van der Waals surface area contributed by atoms with Gasteiger partial charge in [-0.15, -0.1) is 0 Å². The summed E-state index contributed by atoms with van der Waals surface area (Å²) in [5.74, 6) is 1.06. The van der Waals surface area contributed by atoms with E-state index in [0.29, 0.717) is 23.8 Å². The zero-order chi connectivity index (χ0) is 16.0. The molecule has 0 radical (unpaired) electrons. The second kappa shape index (κ2) is 5.78. The molecule has 1 N–H and O–H groups in total. The molecule has 3 nitrogen and oxygen atoms in total. The number of fused-ring (bicyclic) bond motifs is 4. The van der Waals surface area contributed by atoms with Crippen LogP contribution in [0.3, 0.4) is 0 Å². The normalized spacial score (nSPS) is 36.9. The van der Waals surface area contributed by atoms with Crippen molar-refractivity contribution in [2.24, 2.45) is 5.92 Å². The lowest BCUT2D eigenvalue weighted by atomic mass is 9.57. The molecule has 2 aliphatic heterocycles. The molecule has 0 amide bonds. The monoisotopic (exact) mass is 315 g/mol. The van der Waals surface area contributed by atoms with Gasteiger partial charge >= 0.3 is 0 Å². The number of benzene rings is 1. The lowest BCUT2D eigenvalue weighted by molar-refractivity contribution is -0.0131. The van der Waals surface area contributed by atoms with Gasteiger partial charge in [0, 0.05) is 24.6 Å². The minimum absolute atomic E-state index is 0.240. The van der Waals surface area contributed by atoms with E-state index in [4.69, 9.17) is 4.74 Å². The van der Waals surface area contributed by atoms with Crippen molar-refractivity contribution >= 4 is 0 Å². The van der Waals surface area contributed by atoms with Crippen molar-refractivity contribution < 1.29 is 9.84 Å². The number of hydrogen-bond acceptors (Lipinski definition) is 3. The number of hydrogen-bond donors (Lipinski definition) is 1. The third-order valence-corrected chi connectivity index (χ3v) is 6.91. The fraction of sp³-hybridized carbons (Fsp3) is 0.700. The Balaban J connectivity index is 1.66. The number of ether oxygens (including phenoxy) is 1. The highest BCUT2D eigenvalue weighted by Gasteiger charge is 2.50. The number of piperidine rings is 1. The van der Waals surface area contributed by atoms with Crippen LogP contribution in [0.15, 0.2) is 18.2 Å². The maximum Gasteiger partial charge on any atom is 0.115 e. The van der Waals surface area contributed by atoms with Crippen molar-refractivity contribution in [3.63, 3.8) is 0 Å². The highest BCUT2D eigenvalue weighted by atomic mass is 16.5. The van der Waals surface area contributed by atoms with Crippen molar-refractivity contribution in [1.82, 2.24) is 4.90 Å². The molecule has 1 unspecified atom stereocenters. The minimum Gasteiger partial charge on any atom is -0.508 e. The molecule has 2 heterocycles. The first kappa shape index (κ1) is 15.5. The molecule has 2 bridgehead atoms. The summed E-state index contributed by atoms with van der Waals surface area (Å²) in [5.41, 5.74) is 3.11. The summed E-state index contributed by atoms with van der Waals surface area (Å²) in [6.45, 7) is 7.96. The molecule has 23 heavy (non-hydrogen) atoms. The zero-order valence-electron chi connectivity index (χ0n) is 14.4. The van der Waals surface area contributed by atoms with E-state index in [0.717, 1.165) is 32.5 Å². The fourth-order valence-corrected chi connectivity index (χ4v) is 5.50. The summed E-state index contributed by atoms with van der Waals surface area (Å²) in [6, 6.07) is 6.67. The van der Waals surface area contributed by atoms with E-state index in [2.05, 4.69) is 24.8 Å². The number of nitrogens with zero attached hydrogens (tertiary/aromatic N) is 1. The number of phenols is 1. The fourth-order valence-electron chi connectivity index (χ4n) is 5.50. The number of likely N-dealkylation sites (tertiary alicyclic amines) is 1. The summed E-state index contributed by atoms with van der Waals surface area (Å²) in [6.07, 6.45) is 6.36. The third kappa shape index (κ3) is 2.40. The van der Waals surface area contributed by atoms with Crippen LogP contribution in [-0.4, -0.2) is 41.8 Å². The molecule has 2 saturated heterocycles. The molecule has 1 aliphatic carbocycles. The van der Waals surface area contributed by atoms with E-state index in [1.165, 1.54) is 30.4 Å². The maximum atomic E-state index is 10.00. The number of rotatable bonds is 3. The SMILES string of the molecule is CCC12CCN(C[C@@H]3CCCO3)[C@H](Cc3ccc(O)cc31)[C@@H]2C. The molecule has 126 valence electrons. The topological polar surface area (TPSA) is 32.7 Å². The Morgan fingerprint density at radius 1 is 1.39 bits per heavy atom. The van der Waals surface area contributed by atoms with Crippen LogP contribution in [0, 0.1) is 5.92 Å². The Morgan fingerprint density at radius 3 is 3.00 bits per heavy atom. The Labute approximate surface area is 139 Å². The van der Waals surface area contributed by atoms with Crippen molar-refractivity contribution in [3.8, 4) is 5.75 Å². The van der Waals surface area contributed by atoms with Crippen molar-refractivity contribution in [2.75, 3.05) is 19.7 Å². The lowest BCUT2D eigenvalue weighted by Crippen LogP contribution is -2.59. The zero-order valence-corrected chi connectivity index (χ0v) is 14.4. The molecule has 2 fully saturated rings. The molecule has 3 aliphatic rings. The van der Waals surface area contributed by atoms with Crippen LogP contribution in [0.2, 0.25) is 0 Å². The number of phenolic OH excluding ortho intramolecular Hbond substituents is 1. The van der Waals surface area contributed by atoms with Gasteiger partial charge < -0.3 is 9.84 Å². The predicted molar refractivity (Wildman–Crippen MR) is 91.9 cm³/mol. The van der Waals surface area contributed by atoms with Gasteiger partial charge in [-0.2, -0.15) is 0 Å². The average Bonchev–Trinajstić information content (AvgIpc) is 3.05. The van der Waals surface area contributed by atoms with Crippen LogP contribution >= 0.6 is 0 Å². The van der Waals surface area contributed by atoms with Crippen LogP contribution in [0.5, 0.6) is 5.75 Å². The second-order valence-electron chi connectivity index (χ2n) is 7.79. The van der Waals surface area contributed by atoms with E-state index in [9.17, 15) is 5.11 Å². The summed E-state index contributed by atoms with van der Waals surface area (Å²) in [5, 5.41) is 10.00. The quantitative estimate of drug-likeness (QED) is 0.927. The summed E-state index contributed by atoms with van der Waals surface area (Å²) in [7, 11) is 0. The Bertz CT molecular complexity index is 581. The average molecular weight is 315 g/mol. The van der Waals surface area contributed by atoms with E-state index < -0.39 is 0 Å². The lowest BCUT2D eigenvalue weighted by Gasteiger charge is -2.56. The summed E-state index contributed by atoms with van der Waals surface area (Å²) < 4.78 is 5.89. The van der Waals surface area contributed by atoms with Gasteiger partial charge in [0.2, 0.25) is 0 Å². The van der Waals surface area contributed by atoms with E-state index in [1.807, 2.05) is 12.1 Å². The van der Waals surface area contributed by atoms with Gasteiger partial charge in [0.05, 0.1) is 6.10 Å². The van der Waals surface area contributed by atoms with Crippen molar-refractivity contribution in [2.45, 2.75) is 63.5 Å². The van der Waals surface area contributed by atoms with Gasteiger partial charge in [-0.05, 0) is 67.8 Å². The molecule has 1 aromatic carbocycles. The first-order chi connectivity index (χ1) is 11.1. The summed E-state index contributed by atoms with van der Waals surface area (Å²) >= 11 is 0. The van der Waals surface area contributed by atoms with Gasteiger partial charge in [0.15, 0.2) is 0 Å². The van der Waals surface area contributed by atoms with E-state index >= 15 is 0 Å². The third-order valence-electron chi connectivity index (χ3n) is 6.91. The van der Waals surface area contributed by atoms with E-state index in [1.54, 1.807) is 0 Å². The molecule has 0 saturated carbocycles. The van der Waals surface area contributed by atoms with Crippen molar-refractivity contribution in [1.29, 1.82) is 0 Å². The van der Waals surface area contributed by atoms with Gasteiger partial charge in [0.25, 0.3) is 0 Å². The van der Waals surface area contributed by atoms with Crippen molar-refractivity contribution in [3.05, 3.63) is 29.3 Å². The maximum absolute atomic E-state index is 10.00. The Hall–Kier alpha value is -1.06. The molecule has 0 aromatic heterocycles. The Kier molecular flexibility index (Phi) is 3.89. The van der Waals surface area contributed by atoms with Crippen LogP contribution in [0.25, 0.3) is 0 Å². The molecular weight excluding hydrogens is 286 g/mol. The van der Waals surface area contributed by atoms with Gasteiger partial charge in [-0.3, -0.25) is 4.90 Å². The minimum atomic E-state index is 0.240. The highest BCUT2D eigenvalue weighted by molar-refractivity contribution is 5.44. The second-order valence-corrected chi connectivity index (χ2v) is 7.79. The predicted octanol–water partition coefficient (Wildman–Crippen LogP) is 3.49. The van der Waals surface area contributed by atoms with E-state index in [-0.39, 0.29) is 5.41 Å². The van der Waals surface area contributed by atoms with Crippen LogP contribution in [0.1, 0.15) is 50.7 Å². The van der Waals surface area contributed by atoms with Crippen LogP contribution < -0.4 is 0 Å². The van der Waals surface area contributed by atoms with Gasteiger partial charge in [-0.25, -0.2) is 0 Å². The van der Waals surface area contributed by atoms with Gasteiger partial charge in [-0.1, -0.05) is 19.9 Å². The largest absolute Gasteiger partial charge is 0.508 e. The molecule has 4 rings (SSSR count). The molecule has 3 heteroatoms. The van der Waals surface area contributed by atoms with Crippen LogP contribution in [-0.2, 0) is 16.6 Å². The standard InChI is InChI=1S/C20H29NO2/c1-3-20-8-9-21(13-17-5-4-10-23-17)19(14(20)2)11-15-6-7-16(22)12-18(15)20/h6-7,12,14,17,19,22H,3-5,8-11,13H2,1-2H3/t14-,17-,19+,20?/m0/s1.